The summed E-state index contributed by atoms with van der Waals surface area (Å²) in [5.74, 6) is -1.12. The highest BCUT2D eigenvalue weighted by Crippen LogP contribution is 2.29. The Balaban J connectivity index is 1.26. The number of amides is 2. The van der Waals surface area contributed by atoms with Crippen LogP contribution < -0.4 is 21.5 Å². The number of phenols is 1. The molecule has 0 bridgehead atoms. The fourth-order valence-corrected chi connectivity index (χ4v) is 4.82. The summed E-state index contributed by atoms with van der Waals surface area (Å²) in [4.78, 5) is 43.2. The fraction of sp³-hybridized carbons (Fsp3) is 0.226. The van der Waals surface area contributed by atoms with E-state index in [9.17, 15) is 19.5 Å². The summed E-state index contributed by atoms with van der Waals surface area (Å²) in [7, 11) is 0. The molecule has 1 aliphatic heterocycles. The zero-order chi connectivity index (χ0) is 29.5. The number of phenolic OH excluding ortho intramolecular Hbond substituents is 1. The number of nitrogens with one attached hydrogen (secondary N) is 3. The Labute approximate surface area is 247 Å². The van der Waals surface area contributed by atoms with E-state index in [1.807, 2.05) is 6.07 Å². The number of carbonyl (C=O) groups excluding carboxylic acids is 2. The van der Waals surface area contributed by atoms with E-state index in [1.165, 1.54) is 30.5 Å². The molecule has 0 radical (unpaired) electrons. The standard InChI is InChI=1S/C31H30ClN5O5/c32-22-10-11-27(34-19-22)35-30(40)25-3-1-5-26(38)28(25)36-29(39)21-8-6-20(7-9-21)24-4-2-15-37(31(24)41)16-14-33-23-12-17-42-18-13-23/h1-11,15,19,23,33,38H,12-14,16-18H2,(H,36,39)(H,34,35,40). The first-order chi connectivity index (χ1) is 20.4. The number of benzene rings is 2. The van der Waals surface area contributed by atoms with Gasteiger partial charge in [-0.15, -0.1) is 0 Å². The number of halogens is 1. The van der Waals surface area contributed by atoms with Crippen LogP contribution in [-0.2, 0) is 11.3 Å². The average Bonchev–Trinajstić information content (AvgIpc) is 3.01. The van der Waals surface area contributed by atoms with Crippen molar-refractivity contribution in [3.8, 4) is 16.9 Å². The van der Waals surface area contributed by atoms with Gasteiger partial charge in [0, 0.05) is 55.9 Å². The van der Waals surface area contributed by atoms with Gasteiger partial charge in [-0.2, -0.15) is 0 Å². The minimum absolute atomic E-state index is 0.0432. The van der Waals surface area contributed by atoms with E-state index >= 15 is 0 Å². The molecule has 2 amide bonds. The molecule has 4 N–H and O–H groups in total. The second kappa shape index (κ2) is 13.4. The summed E-state index contributed by atoms with van der Waals surface area (Å²) in [5, 5.41) is 19.6. The number of para-hydroxylation sites is 1. The molecule has 42 heavy (non-hydrogen) atoms. The fourth-order valence-electron chi connectivity index (χ4n) is 4.70. The van der Waals surface area contributed by atoms with Gasteiger partial charge in [-0.25, -0.2) is 4.98 Å². The number of aromatic hydroxyl groups is 1. The molecule has 3 heterocycles. The lowest BCUT2D eigenvalue weighted by Gasteiger charge is -2.23. The molecule has 0 spiro atoms. The third kappa shape index (κ3) is 7.03. The topological polar surface area (TPSA) is 135 Å². The molecule has 5 rings (SSSR count). The van der Waals surface area contributed by atoms with Gasteiger partial charge in [0.1, 0.15) is 11.6 Å². The number of pyridine rings is 2. The molecule has 2 aromatic heterocycles. The third-order valence-corrected chi connectivity index (χ3v) is 7.20. The molecular weight excluding hydrogens is 558 g/mol. The van der Waals surface area contributed by atoms with Crippen LogP contribution in [0.2, 0.25) is 5.02 Å². The van der Waals surface area contributed by atoms with Crippen molar-refractivity contribution in [2.24, 2.45) is 0 Å². The number of ether oxygens (including phenoxy) is 1. The van der Waals surface area contributed by atoms with Crippen molar-refractivity contribution < 1.29 is 19.4 Å². The van der Waals surface area contributed by atoms with Gasteiger partial charge in [-0.3, -0.25) is 14.4 Å². The monoisotopic (exact) mass is 587 g/mol. The average molecular weight is 588 g/mol. The molecule has 0 saturated carbocycles. The first-order valence-corrected chi connectivity index (χ1v) is 13.9. The largest absolute Gasteiger partial charge is 0.506 e. The summed E-state index contributed by atoms with van der Waals surface area (Å²) in [6.45, 7) is 2.73. The number of anilines is 2. The Kier molecular flexibility index (Phi) is 9.28. The van der Waals surface area contributed by atoms with Gasteiger partial charge in [-0.05, 0) is 66.9 Å². The van der Waals surface area contributed by atoms with Crippen LogP contribution in [0.15, 0.2) is 83.9 Å². The van der Waals surface area contributed by atoms with Crippen LogP contribution in [0.4, 0.5) is 11.5 Å². The Hall–Kier alpha value is -4.51. The van der Waals surface area contributed by atoms with Gasteiger partial charge in [-0.1, -0.05) is 29.8 Å². The molecule has 2 aromatic carbocycles. The molecule has 1 aliphatic rings. The van der Waals surface area contributed by atoms with Gasteiger partial charge >= 0.3 is 0 Å². The zero-order valence-corrected chi connectivity index (χ0v) is 23.4. The maximum atomic E-state index is 13.2. The van der Waals surface area contributed by atoms with Crippen molar-refractivity contribution in [3.05, 3.63) is 106 Å². The van der Waals surface area contributed by atoms with Gasteiger partial charge in [0.15, 0.2) is 0 Å². The molecule has 0 aliphatic carbocycles. The van der Waals surface area contributed by atoms with Crippen LogP contribution in [0.3, 0.4) is 0 Å². The molecular formula is C31H30ClN5O5. The first kappa shape index (κ1) is 29.0. The van der Waals surface area contributed by atoms with E-state index in [2.05, 4.69) is 20.9 Å². The number of aromatic nitrogens is 2. The molecule has 0 unspecified atom stereocenters. The van der Waals surface area contributed by atoms with Gasteiger partial charge in [0.2, 0.25) is 0 Å². The lowest BCUT2D eigenvalue weighted by molar-refractivity contribution is 0.0778. The van der Waals surface area contributed by atoms with Crippen LogP contribution >= 0.6 is 11.6 Å². The quantitative estimate of drug-likeness (QED) is 0.211. The number of hydrogen-bond donors (Lipinski definition) is 4. The zero-order valence-electron chi connectivity index (χ0n) is 22.7. The van der Waals surface area contributed by atoms with Crippen LogP contribution in [0.5, 0.6) is 5.75 Å². The predicted molar refractivity (Wildman–Crippen MR) is 161 cm³/mol. The smallest absolute Gasteiger partial charge is 0.259 e. The lowest BCUT2D eigenvalue weighted by Crippen LogP contribution is -2.37. The van der Waals surface area contributed by atoms with Crippen LogP contribution in [-0.4, -0.2) is 52.3 Å². The van der Waals surface area contributed by atoms with E-state index in [0.717, 1.165) is 26.1 Å². The van der Waals surface area contributed by atoms with Crippen LogP contribution in [0.25, 0.3) is 11.1 Å². The van der Waals surface area contributed by atoms with Crippen molar-refractivity contribution in [1.82, 2.24) is 14.9 Å². The van der Waals surface area contributed by atoms with E-state index in [4.69, 9.17) is 16.3 Å². The Bertz CT molecular complexity index is 1620. The minimum Gasteiger partial charge on any atom is -0.506 e. The molecule has 10 nitrogen and oxygen atoms in total. The van der Waals surface area contributed by atoms with Crippen LogP contribution in [0.1, 0.15) is 33.6 Å². The van der Waals surface area contributed by atoms with Crippen molar-refractivity contribution in [2.45, 2.75) is 25.4 Å². The van der Waals surface area contributed by atoms with Crippen molar-refractivity contribution in [3.63, 3.8) is 0 Å². The number of hydrogen-bond acceptors (Lipinski definition) is 7. The second-order valence-electron chi connectivity index (χ2n) is 9.81. The number of nitrogens with zero attached hydrogens (tertiary/aromatic N) is 2. The SMILES string of the molecule is O=C(Nc1c(O)cccc1C(=O)Nc1ccc(Cl)cn1)c1ccc(-c2cccn(CCNC3CCOCC3)c2=O)cc1. The van der Waals surface area contributed by atoms with E-state index in [-0.39, 0.29) is 33.9 Å². The highest BCUT2D eigenvalue weighted by atomic mass is 35.5. The van der Waals surface area contributed by atoms with Gasteiger partial charge < -0.3 is 30.4 Å². The first-order valence-electron chi connectivity index (χ1n) is 13.6. The maximum Gasteiger partial charge on any atom is 0.259 e. The summed E-state index contributed by atoms with van der Waals surface area (Å²) >= 11 is 5.85. The van der Waals surface area contributed by atoms with Gasteiger partial charge in [0.05, 0.1) is 16.3 Å². The normalized spacial score (nSPS) is 13.5. The lowest BCUT2D eigenvalue weighted by atomic mass is 10.0. The predicted octanol–water partition coefficient (Wildman–Crippen LogP) is 4.54. The van der Waals surface area contributed by atoms with Crippen molar-refractivity contribution >= 4 is 34.9 Å². The van der Waals surface area contributed by atoms with Crippen molar-refractivity contribution in [1.29, 1.82) is 0 Å². The number of carbonyl (C=O) groups is 2. The molecule has 1 saturated heterocycles. The Morgan fingerprint density at radius 2 is 1.76 bits per heavy atom. The van der Waals surface area contributed by atoms with Crippen LogP contribution in [0, 0.1) is 0 Å². The van der Waals surface area contributed by atoms with E-state index < -0.39 is 11.8 Å². The Morgan fingerprint density at radius 1 is 0.976 bits per heavy atom. The third-order valence-electron chi connectivity index (χ3n) is 6.98. The molecule has 4 aromatic rings. The summed E-state index contributed by atoms with van der Waals surface area (Å²) in [6.07, 6.45) is 5.09. The molecule has 0 atom stereocenters. The molecule has 1 fully saturated rings. The molecule has 11 heteroatoms. The van der Waals surface area contributed by atoms with E-state index in [1.54, 1.807) is 47.2 Å². The highest BCUT2D eigenvalue weighted by molar-refractivity contribution is 6.30. The van der Waals surface area contributed by atoms with Crippen molar-refractivity contribution in [2.75, 3.05) is 30.4 Å². The maximum absolute atomic E-state index is 13.2. The Morgan fingerprint density at radius 3 is 2.50 bits per heavy atom. The summed E-state index contributed by atoms with van der Waals surface area (Å²) in [5.41, 5.74) is 1.35. The summed E-state index contributed by atoms with van der Waals surface area (Å²) < 4.78 is 7.06. The summed E-state index contributed by atoms with van der Waals surface area (Å²) in [6, 6.07) is 18.0. The van der Waals surface area contributed by atoms with Gasteiger partial charge in [0.25, 0.3) is 17.4 Å². The highest BCUT2D eigenvalue weighted by Gasteiger charge is 2.19. The minimum atomic E-state index is -0.574. The molecule has 216 valence electrons. The number of rotatable bonds is 9. The second-order valence-corrected chi connectivity index (χ2v) is 10.2. The van der Waals surface area contributed by atoms with E-state index in [0.29, 0.717) is 35.3 Å².